The van der Waals surface area contributed by atoms with Gasteiger partial charge in [-0.1, -0.05) is 28.1 Å². The lowest BCUT2D eigenvalue weighted by Gasteiger charge is -2.14. The van der Waals surface area contributed by atoms with E-state index in [1.807, 2.05) is 0 Å². The molecule has 0 aliphatic heterocycles. The van der Waals surface area contributed by atoms with Crippen molar-refractivity contribution in [2.45, 2.75) is 12.8 Å². The lowest BCUT2D eigenvalue weighted by atomic mass is 10.1. The van der Waals surface area contributed by atoms with Crippen LogP contribution in [0.1, 0.15) is 11.1 Å². The fourth-order valence-corrected chi connectivity index (χ4v) is 2.08. The first-order valence-electron chi connectivity index (χ1n) is 5.70. The first kappa shape index (κ1) is 14.7. The maximum atomic E-state index is 12.9. The lowest BCUT2D eigenvalue weighted by Crippen LogP contribution is -2.11. The second kappa shape index (κ2) is 5.75. The first-order chi connectivity index (χ1) is 9.36. The Labute approximate surface area is 122 Å². The molecule has 0 spiro atoms. The van der Waals surface area contributed by atoms with Crippen molar-refractivity contribution in [2.75, 3.05) is 5.73 Å². The number of hydrogen-bond donors (Lipinski definition) is 1. The smallest absolute Gasteiger partial charge is 0.416 e. The Morgan fingerprint density at radius 2 is 1.85 bits per heavy atom. The van der Waals surface area contributed by atoms with Gasteiger partial charge in [-0.05, 0) is 30.3 Å². The molecule has 2 rings (SSSR count). The number of alkyl halides is 3. The van der Waals surface area contributed by atoms with Gasteiger partial charge in [-0.2, -0.15) is 13.2 Å². The minimum Gasteiger partial charge on any atom is -0.489 e. The Balaban J connectivity index is 2.21. The highest BCUT2D eigenvalue weighted by Gasteiger charge is 2.33. The summed E-state index contributed by atoms with van der Waals surface area (Å²) < 4.78 is 44.9. The summed E-state index contributed by atoms with van der Waals surface area (Å²) >= 11 is 3.27. The van der Waals surface area contributed by atoms with E-state index in [1.165, 1.54) is 12.1 Å². The number of nitrogens with two attached hydrogens (primary N) is 1. The summed E-state index contributed by atoms with van der Waals surface area (Å²) in [5, 5.41) is 0. The Kier molecular flexibility index (Phi) is 4.23. The van der Waals surface area contributed by atoms with Crippen LogP contribution in [-0.4, -0.2) is 0 Å². The van der Waals surface area contributed by atoms with Crippen LogP contribution in [0, 0.1) is 0 Å². The third-order valence-corrected chi connectivity index (χ3v) is 3.12. The molecule has 0 aliphatic carbocycles. The molecule has 0 fully saturated rings. The van der Waals surface area contributed by atoms with E-state index in [-0.39, 0.29) is 17.9 Å². The molecule has 2 nitrogen and oxygen atoms in total. The van der Waals surface area contributed by atoms with E-state index in [2.05, 4.69) is 15.9 Å². The molecule has 0 radical (unpaired) electrons. The second-order valence-electron chi connectivity index (χ2n) is 4.16. The van der Waals surface area contributed by atoms with Crippen molar-refractivity contribution >= 4 is 21.6 Å². The Morgan fingerprint density at radius 1 is 1.10 bits per heavy atom. The third kappa shape index (κ3) is 3.66. The van der Waals surface area contributed by atoms with Gasteiger partial charge in [0.25, 0.3) is 0 Å². The van der Waals surface area contributed by atoms with E-state index < -0.39 is 11.7 Å². The summed E-state index contributed by atoms with van der Waals surface area (Å²) in [7, 11) is 0. The van der Waals surface area contributed by atoms with Crippen LogP contribution >= 0.6 is 15.9 Å². The van der Waals surface area contributed by atoms with Crippen molar-refractivity contribution in [3.63, 3.8) is 0 Å². The van der Waals surface area contributed by atoms with Crippen LogP contribution in [-0.2, 0) is 12.8 Å². The highest BCUT2D eigenvalue weighted by atomic mass is 79.9. The van der Waals surface area contributed by atoms with E-state index in [4.69, 9.17) is 10.5 Å². The van der Waals surface area contributed by atoms with Crippen LogP contribution in [0.3, 0.4) is 0 Å². The maximum Gasteiger partial charge on any atom is 0.416 e. The number of halogens is 4. The van der Waals surface area contributed by atoms with Crippen LogP contribution in [0.25, 0.3) is 0 Å². The van der Waals surface area contributed by atoms with Crippen LogP contribution < -0.4 is 10.5 Å². The van der Waals surface area contributed by atoms with E-state index >= 15 is 0 Å². The number of rotatable bonds is 3. The molecule has 0 atom stereocenters. The minimum absolute atomic E-state index is 0.0478. The average Bonchev–Trinajstić information content (AvgIpc) is 2.36. The predicted octanol–water partition coefficient (Wildman–Crippen LogP) is 4.63. The highest BCUT2D eigenvalue weighted by molar-refractivity contribution is 9.10. The molecule has 0 heterocycles. The van der Waals surface area contributed by atoms with E-state index in [0.717, 1.165) is 10.5 Å². The first-order valence-corrected chi connectivity index (χ1v) is 6.49. The fraction of sp³-hybridized carbons (Fsp3) is 0.143. The molecule has 2 aromatic rings. The molecule has 106 valence electrons. The zero-order valence-corrected chi connectivity index (χ0v) is 11.8. The van der Waals surface area contributed by atoms with Crippen molar-refractivity contribution in [2.24, 2.45) is 0 Å². The molecule has 20 heavy (non-hydrogen) atoms. The molecule has 0 saturated heterocycles. The van der Waals surface area contributed by atoms with Gasteiger partial charge in [-0.25, -0.2) is 0 Å². The number of ether oxygens (including phenoxy) is 1. The second-order valence-corrected chi connectivity index (χ2v) is 5.08. The number of benzene rings is 2. The molecule has 2 N–H and O–H groups in total. The normalized spacial score (nSPS) is 11.4. The minimum atomic E-state index is -4.45. The van der Waals surface area contributed by atoms with Crippen LogP contribution in [0.4, 0.5) is 18.9 Å². The lowest BCUT2D eigenvalue weighted by molar-refractivity contribution is -0.138. The van der Waals surface area contributed by atoms with Crippen molar-refractivity contribution in [1.82, 2.24) is 0 Å². The third-order valence-electron chi connectivity index (χ3n) is 2.63. The molecule has 0 saturated carbocycles. The van der Waals surface area contributed by atoms with E-state index in [9.17, 15) is 13.2 Å². The SMILES string of the molecule is Nc1ccc(COc2cccc(Br)c2)c(C(F)(F)F)c1. The highest BCUT2D eigenvalue weighted by Crippen LogP contribution is 2.33. The monoisotopic (exact) mass is 345 g/mol. The van der Waals surface area contributed by atoms with Gasteiger partial charge >= 0.3 is 6.18 Å². The van der Waals surface area contributed by atoms with Gasteiger partial charge in [0.05, 0.1) is 5.56 Å². The van der Waals surface area contributed by atoms with Gasteiger partial charge in [0.1, 0.15) is 12.4 Å². The Bertz CT molecular complexity index is 614. The van der Waals surface area contributed by atoms with Crippen LogP contribution in [0.5, 0.6) is 5.75 Å². The number of anilines is 1. The van der Waals surface area contributed by atoms with Gasteiger partial charge in [-0.15, -0.1) is 0 Å². The molecular formula is C14H11BrF3NO. The molecule has 0 amide bonds. The average molecular weight is 346 g/mol. The van der Waals surface area contributed by atoms with Gasteiger partial charge in [0, 0.05) is 15.7 Å². The summed E-state index contributed by atoms with van der Waals surface area (Å²) in [4.78, 5) is 0. The van der Waals surface area contributed by atoms with Crippen molar-refractivity contribution < 1.29 is 17.9 Å². The fourth-order valence-electron chi connectivity index (χ4n) is 1.70. The number of hydrogen-bond acceptors (Lipinski definition) is 2. The molecule has 0 unspecified atom stereocenters. The molecular weight excluding hydrogens is 335 g/mol. The van der Waals surface area contributed by atoms with Gasteiger partial charge in [-0.3, -0.25) is 0 Å². The molecule has 0 aromatic heterocycles. The molecule has 0 aliphatic rings. The zero-order valence-electron chi connectivity index (χ0n) is 10.2. The van der Waals surface area contributed by atoms with Gasteiger partial charge < -0.3 is 10.5 Å². The van der Waals surface area contributed by atoms with Crippen LogP contribution in [0.15, 0.2) is 46.9 Å². The van der Waals surface area contributed by atoms with Gasteiger partial charge in [0.2, 0.25) is 0 Å². The molecule has 6 heteroatoms. The maximum absolute atomic E-state index is 12.9. The standard InChI is InChI=1S/C14H11BrF3NO/c15-10-2-1-3-12(6-10)20-8-9-4-5-11(19)7-13(9)14(16,17)18/h1-7H,8,19H2. The summed E-state index contributed by atoms with van der Waals surface area (Å²) in [5.41, 5.74) is 4.75. The quantitative estimate of drug-likeness (QED) is 0.823. The zero-order chi connectivity index (χ0) is 14.8. The van der Waals surface area contributed by atoms with E-state index in [1.54, 1.807) is 24.3 Å². The molecule has 0 bridgehead atoms. The summed E-state index contributed by atoms with van der Waals surface area (Å²) in [5.74, 6) is 0.490. The summed E-state index contributed by atoms with van der Waals surface area (Å²) in [6.45, 7) is -0.175. The number of nitrogen functional groups attached to an aromatic ring is 1. The Hall–Kier alpha value is -1.69. The van der Waals surface area contributed by atoms with Gasteiger partial charge in [0.15, 0.2) is 0 Å². The molecule has 2 aromatic carbocycles. The Morgan fingerprint density at radius 3 is 2.50 bits per heavy atom. The summed E-state index contributed by atoms with van der Waals surface area (Å²) in [6, 6.07) is 10.6. The topological polar surface area (TPSA) is 35.2 Å². The van der Waals surface area contributed by atoms with E-state index in [0.29, 0.717) is 5.75 Å². The summed E-state index contributed by atoms with van der Waals surface area (Å²) in [6.07, 6.45) is -4.45. The van der Waals surface area contributed by atoms with Crippen molar-refractivity contribution in [3.05, 3.63) is 58.1 Å². The van der Waals surface area contributed by atoms with Crippen LogP contribution in [0.2, 0.25) is 0 Å². The van der Waals surface area contributed by atoms with Crippen molar-refractivity contribution in [3.8, 4) is 5.75 Å². The predicted molar refractivity (Wildman–Crippen MR) is 74.3 cm³/mol. The van der Waals surface area contributed by atoms with Crippen molar-refractivity contribution in [1.29, 1.82) is 0 Å². The largest absolute Gasteiger partial charge is 0.489 e.